The number of alkyl carbamates (subject to hydrolysis) is 1. The van der Waals surface area contributed by atoms with Gasteiger partial charge >= 0.3 is 12.1 Å². The highest BCUT2D eigenvalue weighted by molar-refractivity contribution is 7.91. The number of anilines is 1. The number of esters is 1. The standard InChI is InChI=1S/C21H24N2O8S2/c1-5-30-20(26)16-12(4)15(18(25)23-21(27)31-6-2)19(32-16)22-17(24)13-9-8-10-14(11-13)33(28,29)7-3/h8-11H,5-7H2,1-4H3,(H,22,24)(H,23,25,27). The Morgan fingerprint density at radius 2 is 1.67 bits per heavy atom. The van der Waals surface area contributed by atoms with Gasteiger partial charge in [0.05, 0.1) is 29.4 Å². The van der Waals surface area contributed by atoms with Gasteiger partial charge < -0.3 is 14.8 Å². The Hall–Kier alpha value is -3.25. The van der Waals surface area contributed by atoms with Crippen molar-refractivity contribution in [2.75, 3.05) is 24.3 Å². The Labute approximate surface area is 195 Å². The largest absolute Gasteiger partial charge is 0.462 e. The van der Waals surface area contributed by atoms with Crippen LogP contribution in [0.2, 0.25) is 0 Å². The molecule has 0 aliphatic carbocycles. The summed E-state index contributed by atoms with van der Waals surface area (Å²) in [5.74, 6) is -2.41. The number of carbonyl (C=O) groups is 4. The third kappa shape index (κ3) is 6.17. The number of ether oxygens (including phenoxy) is 2. The summed E-state index contributed by atoms with van der Waals surface area (Å²) in [7, 11) is -3.54. The first-order valence-corrected chi connectivity index (χ1v) is 12.4. The zero-order chi connectivity index (χ0) is 24.8. The lowest BCUT2D eigenvalue weighted by molar-refractivity contribution is 0.0531. The van der Waals surface area contributed by atoms with E-state index < -0.39 is 33.7 Å². The highest BCUT2D eigenvalue weighted by Crippen LogP contribution is 2.34. The van der Waals surface area contributed by atoms with Gasteiger partial charge in [-0.3, -0.25) is 14.9 Å². The van der Waals surface area contributed by atoms with Gasteiger partial charge in [-0.2, -0.15) is 0 Å². The number of nitrogens with one attached hydrogen (secondary N) is 2. The van der Waals surface area contributed by atoms with Gasteiger partial charge in [0.2, 0.25) is 0 Å². The maximum absolute atomic E-state index is 12.9. The van der Waals surface area contributed by atoms with Crippen LogP contribution in [0.15, 0.2) is 29.2 Å². The van der Waals surface area contributed by atoms with Crippen molar-refractivity contribution in [3.05, 3.63) is 45.8 Å². The SMILES string of the molecule is CCOC(=O)NC(=O)c1c(NC(=O)c2cccc(S(=O)(=O)CC)c2)sc(C(=O)OCC)c1C. The molecule has 3 amide bonds. The van der Waals surface area contributed by atoms with E-state index in [0.29, 0.717) is 0 Å². The molecule has 0 aliphatic rings. The molecule has 0 fully saturated rings. The second-order valence-electron chi connectivity index (χ2n) is 6.54. The lowest BCUT2D eigenvalue weighted by Crippen LogP contribution is -2.32. The number of amides is 3. The van der Waals surface area contributed by atoms with E-state index in [9.17, 15) is 27.6 Å². The molecule has 0 radical (unpaired) electrons. The molecule has 0 atom stereocenters. The first-order chi connectivity index (χ1) is 15.5. The predicted octanol–water partition coefficient (Wildman–Crippen LogP) is 3.17. The van der Waals surface area contributed by atoms with Gasteiger partial charge in [-0.25, -0.2) is 18.0 Å². The molecule has 178 valence electrons. The summed E-state index contributed by atoms with van der Waals surface area (Å²) in [6.45, 7) is 6.29. The van der Waals surface area contributed by atoms with Crippen molar-refractivity contribution in [2.45, 2.75) is 32.6 Å². The first-order valence-electron chi connectivity index (χ1n) is 9.98. The van der Waals surface area contributed by atoms with Gasteiger partial charge in [-0.15, -0.1) is 11.3 Å². The Morgan fingerprint density at radius 3 is 2.27 bits per heavy atom. The molecule has 2 aromatic rings. The van der Waals surface area contributed by atoms with E-state index in [4.69, 9.17) is 9.47 Å². The quantitative estimate of drug-likeness (QED) is 0.530. The van der Waals surface area contributed by atoms with Gasteiger partial charge in [-0.05, 0) is 44.5 Å². The van der Waals surface area contributed by atoms with Crippen LogP contribution in [0.3, 0.4) is 0 Å². The number of benzene rings is 1. The topological polar surface area (TPSA) is 145 Å². The minimum absolute atomic E-state index is 0.00824. The zero-order valence-corrected chi connectivity index (χ0v) is 20.1. The Balaban J connectivity index is 2.46. The number of carbonyl (C=O) groups excluding carboxylic acids is 4. The van der Waals surface area contributed by atoms with E-state index in [1.54, 1.807) is 13.8 Å². The molecule has 0 unspecified atom stereocenters. The van der Waals surface area contributed by atoms with E-state index in [0.717, 1.165) is 11.3 Å². The molecule has 2 N–H and O–H groups in total. The predicted molar refractivity (Wildman–Crippen MR) is 122 cm³/mol. The third-order valence-electron chi connectivity index (χ3n) is 4.39. The number of imide groups is 1. The highest BCUT2D eigenvalue weighted by atomic mass is 32.2. The van der Waals surface area contributed by atoms with Crippen LogP contribution in [-0.2, 0) is 19.3 Å². The fourth-order valence-electron chi connectivity index (χ4n) is 2.76. The van der Waals surface area contributed by atoms with Crippen molar-refractivity contribution >= 4 is 50.1 Å². The molecule has 0 bridgehead atoms. The van der Waals surface area contributed by atoms with Crippen molar-refractivity contribution in [3.8, 4) is 0 Å². The molecule has 1 heterocycles. The number of thiophene rings is 1. The Kier molecular flexibility index (Phi) is 8.71. The maximum Gasteiger partial charge on any atom is 0.414 e. The van der Waals surface area contributed by atoms with Crippen LogP contribution in [0.5, 0.6) is 0 Å². The van der Waals surface area contributed by atoms with Gasteiger partial charge in [0, 0.05) is 5.56 Å². The molecule has 0 aliphatic heterocycles. The molecule has 2 rings (SSSR count). The number of sulfone groups is 1. The molecule has 12 heteroatoms. The van der Waals surface area contributed by atoms with Crippen LogP contribution in [0.1, 0.15) is 56.7 Å². The summed E-state index contributed by atoms with van der Waals surface area (Å²) in [6, 6.07) is 5.44. The van der Waals surface area contributed by atoms with Crippen molar-refractivity contribution in [1.82, 2.24) is 5.32 Å². The Bertz CT molecular complexity index is 1180. The van der Waals surface area contributed by atoms with Crippen LogP contribution < -0.4 is 10.6 Å². The van der Waals surface area contributed by atoms with Crippen molar-refractivity contribution in [2.24, 2.45) is 0 Å². The van der Waals surface area contributed by atoms with Gasteiger partial charge in [0.25, 0.3) is 11.8 Å². The minimum atomic E-state index is -3.54. The molecule has 0 spiro atoms. The number of rotatable bonds is 8. The number of hydrogen-bond donors (Lipinski definition) is 2. The van der Waals surface area contributed by atoms with E-state index in [1.165, 1.54) is 38.1 Å². The Morgan fingerprint density at radius 1 is 1.00 bits per heavy atom. The van der Waals surface area contributed by atoms with Crippen LogP contribution in [0.25, 0.3) is 0 Å². The maximum atomic E-state index is 12.9. The summed E-state index contributed by atoms with van der Waals surface area (Å²) in [5, 5.41) is 4.56. The van der Waals surface area contributed by atoms with E-state index >= 15 is 0 Å². The third-order valence-corrected chi connectivity index (χ3v) is 7.31. The van der Waals surface area contributed by atoms with Crippen LogP contribution in [-0.4, -0.2) is 51.3 Å². The molecule has 1 aromatic carbocycles. The zero-order valence-electron chi connectivity index (χ0n) is 18.5. The average Bonchev–Trinajstić information content (AvgIpc) is 3.09. The number of hydrogen-bond acceptors (Lipinski definition) is 9. The summed E-state index contributed by atoms with van der Waals surface area (Å²) < 4.78 is 34.0. The lowest BCUT2D eigenvalue weighted by Gasteiger charge is -2.09. The molecule has 0 saturated heterocycles. The molecular weight excluding hydrogens is 472 g/mol. The van der Waals surface area contributed by atoms with Crippen LogP contribution >= 0.6 is 11.3 Å². The van der Waals surface area contributed by atoms with E-state index in [2.05, 4.69) is 5.32 Å². The highest BCUT2D eigenvalue weighted by Gasteiger charge is 2.28. The molecule has 10 nitrogen and oxygen atoms in total. The molecular formula is C21H24N2O8S2. The fourth-order valence-corrected chi connectivity index (χ4v) is 4.78. The monoisotopic (exact) mass is 496 g/mol. The van der Waals surface area contributed by atoms with E-state index in [-0.39, 0.29) is 50.4 Å². The van der Waals surface area contributed by atoms with Gasteiger partial charge in [0.15, 0.2) is 9.84 Å². The summed E-state index contributed by atoms with van der Waals surface area (Å²) in [4.78, 5) is 49.6. The first kappa shape index (κ1) is 26.0. The van der Waals surface area contributed by atoms with Crippen molar-refractivity contribution < 1.29 is 37.1 Å². The van der Waals surface area contributed by atoms with Crippen LogP contribution in [0, 0.1) is 6.92 Å². The van der Waals surface area contributed by atoms with Gasteiger partial charge in [0.1, 0.15) is 9.88 Å². The van der Waals surface area contributed by atoms with E-state index in [1.807, 2.05) is 5.32 Å². The van der Waals surface area contributed by atoms with Crippen molar-refractivity contribution in [1.29, 1.82) is 0 Å². The summed E-state index contributed by atoms with van der Waals surface area (Å²) in [6.07, 6.45) is -0.986. The minimum Gasteiger partial charge on any atom is -0.462 e. The smallest absolute Gasteiger partial charge is 0.414 e. The summed E-state index contributed by atoms with van der Waals surface area (Å²) >= 11 is 0.803. The second kappa shape index (κ2) is 11.1. The fraction of sp³-hybridized carbons (Fsp3) is 0.333. The molecule has 0 saturated carbocycles. The second-order valence-corrected chi connectivity index (χ2v) is 9.84. The van der Waals surface area contributed by atoms with Crippen molar-refractivity contribution in [3.63, 3.8) is 0 Å². The summed E-state index contributed by atoms with van der Waals surface area (Å²) in [5.41, 5.74) is 0.129. The average molecular weight is 497 g/mol. The molecule has 1 aromatic heterocycles. The molecule has 33 heavy (non-hydrogen) atoms. The van der Waals surface area contributed by atoms with Gasteiger partial charge in [-0.1, -0.05) is 13.0 Å². The normalized spacial score (nSPS) is 10.9. The lowest BCUT2D eigenvalue weighted by atomic mass is 10.1. The van der Waals surface area contributed by atoms with Crippen LogP contribution in [0.4, 0.5) is 9.80 Å².